The first-order valence-electron chi connectivity index (χ1n) is 9.68. The number of hydrogen-bond donors (Lipinski definition) is 2. The van der Waals surface area contributed by atoms with Gasteiger partial charge in [0.15, 0.2) is 0 Å². The molecule has 4 rings (SSSR count). The van der Waals surface area contributed by atoms with E-state index in [2.05, 4.69) is 26.6 Å². The van der Waals surface area contributed by atoms with Crippen LogP contribution in [0.3, 0.4) is 0 Å². The molecule has 2 N–H and O–H groups in total. The van der Waals surface area contributed by atoms with Crippen LogP contribution >= 0.6 is 27.7 Å². The lowest BCUT2D eigenvalue weighted by Gasteiger charge is -2.29. The molecule has 0 aromatic heterocycles. The monoisotopic (exact) mass is 481 g/mol. The third-order valence-corrected chi connectivity index (χ3v) is 7.27. The van der Waals surface area contributed by atoms with Crippen LogP contribution in [-0.4, -0.2) is 60.9 Å². The Morgan fingerprint density at radius 2 is 2.07 bits per heavy atom. The zero-order chi connectivity index (χ0) is 20.8. The quantitative estimate of drug-likeness (QED) is 0.457. The van der Waals surface area contributed by atoms with Crippen LogP contribution in [0.5, 0.6) is 0 Å². The van der Waals surface area contributed by atoms with Crippen molar-refractivity contribution in [3.8, 4) is 0 Å². The highest BCUT2D eigenvalue weighted by atomic mass is 79.9. The molecule has 4 atom stereocenters. The molecule has 1 spiro atoms. The molecule has 7 nitrogen and oxygen atoms in total. The molecule has 4 unspecified atom stereocenters. The number of halogens is 1. The van der Waals surface area contributed by atoms with E-state index in [4.69, 9.17) is 4.74 Å². The summed E-state index contributed by atoms with van der Waals surface area (Å²) in [4.78, 5) is 41.3. The van der Waals surface area contributed by atoms with Crippen molar-refractivity contribution < 1.29 is 19.1 Å². The molecule has 1 aromatic rings. The largest absolute Gasteiger partial charge is 0.385 e. The third-order valence-electron chi connectivity index (χ3n) is 6.13. The second kappa shape index (κ2) is 8.02. The summed E-state index contributed by atoms with van der Waals surface area (Å²) in [6.45, 7) is 0.790. The van der Waals surface area contributed by atoms with Crippen molar-refractivity contribution >= 4 is 51.1 Å². The van der Waals surface area contributed by atoms with Gasteiger partial charge in [0.05, 0.1) is 11.8 Å². The molecule has 1 aromatic carbocycles. The van der Waals surface area contributed by atoms with E-state index in [1.165, 1.54) is 4.90 Å². The summed E-state index contributed by atoms with van der Waals surface area (Å²) in [5.74, 6) is -1.13. The van der Waals surface area contributed by atoms with Gasteiger partial charge in [0, 0.05) is 42.0 Å². The standard InChI is InChI=1S/C20H24BrN3O4S/c1-28-8-3-7-24-17(25)15-14(6-9-29-2)23-20(16(15)18(24)26)12-10-11(21)4-5-13(12)22-19(20)27/h4-5,10,14-16,23H,3,6-9H2,1-2H3,(H,22,27). The number of methoxy groups -OCH3 is 1. The summed E-state index contributed by atoms with van der Waals surface area (Å²) >= 11 is 5.17. The zero-order valence-electron chi connectivity index (χ0n) is 16.4. The maximum Gasteiger partial charge on any atom is 0.250 e. The fourth-order valence-corrected chi connectivity index (χ4v) is 5.77. The molecule has 2 saturated heterocycles. The number of nitrogens with zero attached hydrogens (tertiary/aromatic N) is 1. The van der Waals surface area contributed by atoms with E-state index in [0.29, 0.717) is 31.7 Å². The Labute approximate surface area is 182 Å². The van der Waals surface area contributed by atoms with Gasteiger partial charge in [-0.05, 0) is 43.0 Å². The molecule has 3 amide bonds. The van der Waals surface area contributed by atoms with Crippen LogP contribution < -0.4 is 10.6 Å². The molecular weight excluding hydrogens is 458 g/mol. The number of fused-ring (bicyclic) bond motifs is 4. The Kier molecular flexibility index (Phi) is 5.76. The highest BCUT2D eigenvalue weighted by Gasteiger charge is 2.70. The van der Waals surface area contributed by atoms with Crippen molar-refractivity contribution in [1.29, 1.82) is 0 Å². The molecule has 0 bridgehead atoms. The molecule has 29 heavy (non-hydrogen) atoms. The van der Waals surface area contributed by atoms with E-state index < -0.39 is 17.4 Å². The van der Waals surface area contributed by atoms with Gasteiger partial charge in [0.1, 0.15) is 5.54 Å². The van der Waals surface area contributed by atoms with Crippen LogP contribution in [-0.2, 0) is 24.7 Å². The van der Waals surface area contributed by atoms with Gasteiger partial charge in [-0.3, -0.25) is 24.6 Å². The number of rotatable bonds is 7. The number of hydrogen-bond acceptors (Lipinski definition) is 6. The lowest BCUT2D eigenvalue weighted by Crippen LogP contribution is -2.53. The maximum atomic E-state index is 13.4. The van der Waals surface area contributed by atoms with E-state index in [1.54, 1.807) is 18.9 Å². The van der Waals surface area contributed by atoms with Crippen molar-refractivity contribution in [3.05, 3.63) is 28.2 Å². The van der Waals surface area contributed by atoms with E-state index in [-0.39, 0.29) is 23.8 Å². The SMILES string of the molecule is COCCCN1C(=O)C2C(CCSC)NC3(C(=O)Nc4ccc(Br)cc43)C2C1=O. The van der Waals surface area contributed by atoms with E-state index in [1.807, 2.05) is 24.5 Å². The topological polar surface area (TPSA) is 87.7 Å². The van der Waals surface area contributed by atoms with Gasteiger partial charge >= 0.3 is 0 Å². The van der Waals surface area contributed by atoms with Crippen LogP contribution in [0, 0.1) is 11.8 Å². The van der Waals surface area contributed by atoms with Gasteiger partial charge < -0.3 is 10.1 Å². The van der Waals surface area contributed by atoms with Crippen molar-refractivity contribution in [2.75, 3.05) is 37.6 Å². The number of amides is 3. The highest BCUT2D eigenvalue weighted by Crippen LogP contribution is 2.53. The molecule has 0 aliphatic carbocycles. The summed E-state index contributed by atoms with van der Waals surface area (Å²) in [6, 6.07) is 5.33. The van der Waals surface area contributed by atoms with Gasteiger partial charge in [-0.1, -0.05) is 15.9 Å². The maximum absolute atomic E-state index is 13.4. The highest BCUT2D eigenvalue weighted by molar-refractivity contribution is 9.10. The Morgan fingerprint density at radius 1 is 1.28 bits per heavy atom. The fourth-order valence-electron chi connectivity index (χ4n) is 4.91. The van der Waals surface area contributed by atoms with Crippen LogP contribution in [0.25, 0.3) is 0 Å². The minimum absolute atomic E-state index is 0.178. The molecule has 9 heteroatoms. The Morgan fingerprint density at radius 3 is 2.79 bits per heavy atom. The van der Waals surface area contributed by atoms with Crippen LogP contribution in [0.1, 0.15) is 18.4 Å². The van der Waals surface area contributed by atoms with Crippen molar-refractivity contribution in [2.45, 2.75) is 24.4 Å². The van der Waals surface area contributed by atoms with Crippen molar-refractivity contribution in [3.63, 3.8) is 0 Å². The minimum atomic E-state index is -1.21. The van der Waals surface area contributed by atoms with Crippen LogP contribution in [0.15, 0.2) is 22.7 Å². The number of likely N-dealkylation sites (tertiary alicyclic amines) is 1. The second-order valence-electron chi connectivity index (χ2n) is 7.66. The summed E-state index contributed by atoms with van der Waals surface area (Å²) in [7, 11) is 1.59. The van der Waals surface area contributed by atoms with E-state index in [9.17, 15) is 14.4 Å². The normalized spacial score (nSPS) is 30.2. The summed E-state index contributed by atoms with van der Waals surface area (Å²) in [6.07, 6.45) is 3.30. The Hall–Kier alpha value is -1.42. The zero-order valence-corrected chi connectivity index (χ0v) is 18.8. The predicted molar refractivity (Wildman–Crippen MR) is 115 cm³/mol. The molecule has 0 saturated carbocycles. The third kappa shape index (κ3) is 3.13. The lowest BCUT2D eigenvalue weighted by molar-refractivity contribution is -0.143. The number of ether oxygens (including phenoxy) is 1. The van der Waals surface area contributed by atoms with Crippen molar-refractivity contribution in [1.82, 2.24) is 10.2 Å². The van der Waals surface area contributed by atoms with Gasteiger partial charge in [0.2, 0.25) is 17.7 Å². The number of carbonyl (C=O) groups excluding carboxylic acids is 3. The Bertz CT molecular complexity index is 866. The first-order valence-corrected chi connectivity index (χ1v) is 11.9. The second-order valence-corrected chi connectivity index (χ2v) is 9.56. The first-order chi connectivity index (χ1) is 14.0. The number of imide groups is 1. The molecule has 3 heterocycles. The molecule has 156 valence electrons. The molecule has 3 aliphatic heterocycles. The molecular formula is C20H24BrN3O4S. The molecule has 2 fully saturated rings. The van der Waals surface area contributed by atoms with Crippen LogP contribution in [0.2, 0.25) is 0 Å². The predicted octanol–water partition coefficient (Wildman–Crippen LogP) is 1.96. The fraction of sp³-hybridized carbons (Fsp3) is 0.550. The summed E-state index contributed by atoms with van der Waals surface area (Å²) in [5, 5.41) is 6.37. The number of anilines is 1. The number of nitrogens with one attached hydrogen (secondary N) is 2. The van der Waals surface area contributed by atoms with Gasteiger partial charge in [-0.15, -0.1) is 0 Å². The average Bonchev–Trinajstić information content (AvgIpc) is 3.27. The lowest BCUT2D eigenvalue weighted by atomic mass is 9.76. The van der Waals surface area contributed by atoms with Gasteiger partial charge in [-0.25, -0.2) is 0 Å². The summed E-state index contributed by atoms with van der Waals surface area (Å²) in [5.41, 5.74) is 0.210. The first kappa shape index (κ1) is 20.8. The van der Waals surface area contributed by atoms with Crippen molar-refractivity contribution in [2.24, 2.45) is 11.8 Å². The average molecular weight is 482 g/mol. The number of carbonyl (C=O) groups is 3. The Balaban J connectivity index is 1.77. The van der Waals surface area contributed by atoms with Crippen LogP contribution in [0.4, 0.5) is 5.69 Å². The van der Waals surface area contributed by atoms with Gasteiger partial charge in [-0.2, -0.15) is 11.8 Å². The minimum Gasteiger partial charge on any atom is -0.385 e. The number of benzene rings is 1. The summed E-state index contributed by atoms with van der Waals surface area (Å²) < 4.78 is 5.90. The molecule has 0 radical (unpaired) electrons. The van der Waals surface area contributed by atoms with E-state index >= 15 is 0 Å². The van der Waals surface area contributed by atoms with Gasteiger partial charge in [0.25, 0.3) is 0 Å². The van der Waals surface area contributed by atoms with E-state index in [0.717, 1.165) is 15.8 Å². The smallest absolute Gasteiger partial charge is 0.250 e. The number of thioether (sulfide) groups is 1. The molecule has 3 aliphatic rings.